The summed E-state index contributed by atoms with van der Waals surface area (Å²) in [5.41, 5.74) is 1.18. The summed E-state index contributed by atoms with van der Waals surface area (Å²) in [6, 6.07) is 8.08. The Balaban J connectivity index is 2.22. The molecule has 0 atom stereocenters. The first kappa shape index (κ1) is 12.2. The fourth-order valence-corrected chi connectivity index (χ4v) is 1.60. The van der Waals surface area contributed by atoms with E-state index in [-0.39, 0.29) is 0 Å². The molecule has 1 aliphatic heterocycles. The van der Waals surface area contributed by atoms with Crippen molar-refractivity contribution >= 4 is 0 Å². The van der Waals surface area contributed by atoms with E-state index in [1.807, 2.05) is 66.8 Å². The third-order valence-electron chi connectivity index (χ3n) is 2.50. The Bertz CT molecular complexity index is 469. The molecule has 0 aliphatic carbocycles. The third kappa shape index (κ3) is 3.95. The predicted molar refractivity (Wildman–Crippen MR) is 76.5 cm³/mol. The van der Waals surface area contributed by atoms with Gasteiger partial charge in [0.2, 0.25) is 0 Å². The number of para-hydroxylation sites is 1. The summed E-state index contributed by atoms with van der Waals surface area (Å²) < 4.78 is 5.62. The number of ether oxygens (including phenoxy) is 1. The fourth-order valence-electron chi connectivity index (χ4n) is 1.60. The quantitative estimate of drug-likeness (QED) is 0.650. The van der Waals surface area contributed by atoms with Crippen LogP contribution in [0.4, 0.5) is 0 Å². The van der Waals surface area contributed by atoms with Crippen molar-refractivity contribution in [3.8, 4) is 5.75 Å². The van der Waals surface area contributed by atoms with E-state index in [1.165, 1.54) is 5.56 Å². The van der Waals surface area contributed by atoms with Gasteiger partial charge in [0.05, 0.1) is 6.26 Å². The van der Waals surface area contributed by atoms with Crippen molar-refractivity contribution in [2.75, 3.05) is 0 Å². The van der Waals surface area contributed by atoms with Gasteiger partial charge in [-0.05, 0) is 24.1 Å². The van der Waals surface area contributed by atoms with Gasteiger partial charge >= 0.3 is 0 Å². The Kier molecular flexibility index (Phi) is 4.82. The molecule has 2 rings (SSSR count). The highest BCUT2D eigenvalue weighted by Gasteiger charge is 1.98. The summed E-state index contributed by atoms with van der Waals surface area (Å²) in [6.07, 6.45) is 20.5. The number of benzene rings is 1. The number of allylic oxidation sites excluding steroid dienone is 9. The molecule has 1 aromatic carbocycles. The molecule has 0 amide bonds. The second-order valence-corrected chi connectivity index (χ2v) is 3.84. The monoisotopic (exact) mass is 236 g/mol. The van der Waals surface area contributed by atoms with E-state index < -0.39 is 0 Å². The molecular weight excluding hydrogens is 220 g/mol. The number of rotatable bonds is 0. The molecule has 18 heavy (non-hydrogen) atoms. The average Bonchev–Trinajstić information content (AvgIpc) is 2.41. The predicted octanol–water partition coefficient (Wildman–Crippen LogP) is 4.36. The Labute approximate surface area is 108 Å². The van der Waals surface area contributed by atoms with Crippen LogP contribution in [0.5, 0.6) is 5.75 Å². The van der Waals surface area contributed by atoms with Gasteiger partial charge in [0.1, 0.15) is 5.75 Å². The smallest absolute Gasteiger partial charge is 0.130 e. The first-order chi connectivity index (χ1) is 8.97. The van der Waals surface area contributed by atoms with Gasteiger partial charge in [0.15, 0.2) is 0 Å². The van der Waals surface area contributed by atoms with Crippen molar-refractivity contribution < 1.29 is 4.74 Å². The molecular formula is C17H16O. The van der Waals surface area contributed by atoms with E-state index in [0.29, 0.717) is 0 Å². The molecule has 1 nitrogen and oxygen atoms in total. The van der Waals surface area contributed by atoms with Crippen molar-refractivity contribution in [1.82, 2.24) is 0 Å². The van der Waals surface area contributed by atoms with Crippen molar-refractivity contribution in [3.63, 3.8) is 0 Å². The highest BCUT2D eigenvalue weighted by molar-refractivity contribution is 5.36. The molecule has 0 spiro atoms. The highest BCUT2D eigenvalue weighted by atomic mass is 16.5. The van der Waals surface area contributed by atoms with E-state index in [2.05, 4.69) is 12.1 Å². The van der Waals surface area contributed by atoms with Gasteiger partial charge < -0.3 is 4.74 Å². The van der Waals surface area contributed by atoms with Crippen LogP contribution in [-0.2, 0) is 6.42 Å². The van der Waals surface area contributed by atoms with E-state index >= 15 is 0 Å². The van der Waals surface area contributed by atoms with E-state index in [9.17, 15) is 0 Å². The molecule has 1 heterocycles. The number of hydrogen-bond donors (Lipinski definition) is 0. The normalized spacial score (nSPS) is 20.2. The van der Waals surface area contributed by atoms with E-state index in [0.717, 1.165) is 12.2 Å². The van der Waals surface area contributed by atoms with Gasteiger partial charge in [-0.3, -0.25) is 0 Å². The SMILES string of the molecule is C1=C/C=C/C=C/Cc2ccccc2O/C=C/C=C1. The lowest BCUT2D eigenvalue weighted by Crippen LogP contribution is -1.89. The molecule has 0 aromatic heterocycles. The molecule has 0 radical (unpaired) electrons. The third-order valence-corrected chi connectivity index (χ3v) is 2.50. The fraction of sp³-hybridized carbons (Fsp3) is 0.0588. The first-order valence-corrected chi connectivity index (χ1v) is 6.03. The van der Waals surface area contributed by atoms with Gasteiger partial charge in [-0.2, -0.15) is 0 Å². The lowest BCUT2D eigenvalue weighted by atomic mass is 10.1. The van der Waals surface area contributed by atoms with Gasteiger partial charge in [0.25, 0.3) is 0 Å². The first-order valence-electron chi connectivity index (χ1n) is 6.03. The minimum atomic E-state index is 0.869. The molecule has 1 aromatic rings. The van der Waals surface area contributed by atoms with Crippen molar-refractivity contribution in [3.05, 3.63) is 90.8 Å². The molecule has 0 N–H and O–H groups in total. The van der Waals surface area contributed by atoms with E-state index in [1.54, 1.807) is 6.26 Å². The maximum Gasteiger partial charge on any atom is 0.130 e. The average molecular weight is 236 g/mol. The minimum Gasteiger partial charge on any atom is -0.465 e. The molecule has 0 bridgehead atoms. The number of fused-ring (bicyclic) bond motifs is 1. The van der Waals surface area contributed by atoms with Crippen LogP contribution in [0, 0.1) is 0 Å². The maximum absolute atomic E-state index is 5.62. The second-order valence-electron chi connectivity index (χ2n) is 3.84. The standard InChI is InChI=1S/C17H16O/c1-2-4-6-8-12-16-13-9-10-14-17(16)18-15-11-7-5-3-1/h1-11,13-15H,12H2/b3-1?,4-2+,7-5?,8-6+,15-11+. The lowest BCUT2D eigenvalue weighted by molar-refractivity contribution is 0.476. The lowest BCUT2D eigenvalue weighted by Gasteiger charge is -2.05. The summed E-state index contributed by atoms with van der Waals surface area (Å²) in [4.78, 5) is 0. The van der Waals surface area contributed by atoms with Crippen LogP contribution in [0.2, 0.25) is 0 Å². The zero-order chi connectivity index (χ0) is 12.5. The zero-order valence-corrected chi connectivity index (χ0v) is 10.2. The van der Waals surface area contributed by atoms with Crippen LogP contribution < -0.4 is 4.74 Å². The van der Waals surface area contributed by atoms with Gasteiger partial charge in [-0.15, -0.1) is 0 Å². The Morgan fingerprint density at radius 1 is 0.722 bits per heavy atom. The zero-order valence-electron chi connectivity index (χ0n) is 10.2. The number of hydrogen-bond acceptors (Lipinski definition) is 1. The van der Waals surface area contributed by atoms with Crippen LogP contribution in [0.15, 0.2) is 85.2 Å². The van der Waals surface area contributed by atoms with Crippen LogP contribution in [0.3, 0.4) is 0 Å². The Morgan fingerprint density at radius 2 is 1.39 bits per heavy atom. The molecule has 1 heteroatoms. The topological polar surface area (TPSA) is 9.23 Å². The molecule has 1 aliphatic rings. The highest BCUT2D eigenvalue weighted by Crippen LogP contribution is 2.19. The van der Waals surface area contributed by atoms with Crippen LogP contribution in [0.1, 0.15) is 5.56 Å². The molecule has 0 saturated carbocycles. The summed E-state index contributed by atoms with van der Waals surface area (Å²) in [5, 5.41) is 0. The van der Waals surface area contributed by atoms with Gasteiger partial charge in [-0.25, -0.2) is 0 Å². The summed E-state index contributed by atoms with van der Waals surface area (Å²) >= 11 is 0. The van der Waals surface area contributed by atoms with Crippen LogP contribution >= 0.6 is 0 Å². The minimum absolute atomic E-state index is 0.869. The Hall–Kier alpha value is -2.28. The second kappa shape index (κ2) is 7.13. The molecule has 90 valence electrons. The van der Waals surface area contributed by atoms with Crippen LogP contribution in [-0.4, -0.2) is 0 Å². The molecule has 0 unspecified atom stereocenters. The summed E-state index contributed by atoms with van der Waals surface area (Å²) in [6.45, 7) is 0. The summed E-state index contributed by atoms with van der Waals surface area (Å²) in [5.74, 6) is 0.906. The van der Waals surface area contributed by atoms with Crippen molar-refractivity contribution in [2.24, 2.45) is 0 Å². The Morgan fingerprint density at radius 3 is 2.22 bits per heavy atom. The van der Waals surface area contributed by atoms with Gasteiger partial charge in [0, 0.05) is 0 Å². The van der Waals surface area contributed by atoms with Crippen molar-refractivity contribution in [1.29, 1.82) is 0 Å². The molecule has 0 fully saturated rings. The van der Waals surface area contributed by atoms with Gasteiger partial charge in [-0.1, -0.05) is 66.8 Å². The maximum atomic E-state index is 5.62. The van der Waals surface area contributed by atoms with E-state index in [4.69, 9.17) is 4.74 Å². The summed E-state index contributed by atoms with van der Waals surface area (Å²) in [7, 11) is 0. The van der Waals surface area contributed by atoms with Crippen LogP contribution in [0.25, 0.3) is 0 Å². The largest absolute Gasteiger partial charge is 0.465 e. The molecule has 0 saturated heterocycles. The van der Waals surface area contributed by atoms with Crippen molar-refractivity contribution in [2.45, 2.75) is 6.42 Å².